The molecule has 5 rings (SSSR count). The summed E-state index contributed by atoms with van der Waals surface area (Å²) in [4.78, 5) is 30.5. The second-order valence-electron chi connectivity index (χ2n) is 9.02. The molecule has 0 radical (unpaired) electrons. The number of carbonyl (C=O) groups is 2. The monoisotopic (exact) mass is 421 g/mol. The van der Waals surface area contributed by atoms with Crippen LogP contribution in [0.15, 0.2) is 30.5 Å². The minimum atomic E-state index is -0.132. The van der Waals surface area contributed by atoms with Crippen LogP contribution in [-0.4, -0.2) is 72.1 Å². The summed E-state index contributed by atoms with van der Waals surface area (Å²) in [5.41, 5.74) is 4.60. The Kier molecular flexibility index (Phi) is 5.22. The molecule has 3 aliphatic rings. The van der Waals surface area contributed by atoms with Gasteiger partial charge in [0.2, 0.25) is 11.8 Å². The van der Waals surface area contributed by atoms with Crippen LogP contribution in [0.3, 0.4) is 0 Å². The number of hydrogen-bond donors (Lipinski definition) is 0. The molecule has 3 atom stereocenters. The van der Waals surface area contributed by atoms with E-state index in [-0.39, 0.29) is 29.7 Å². The molecule has 0 spiro atoms. The van der Waals surface area contributed by atoms with Gasteiger partial charge in [0, 0.05) is 43.9 Å². The number of amides is 1. The van der Waals surface area contributed by atoms with E-state index in [1.54, 1.807) is 0 Å². The average Bonchev–Trinajstić information content (AvgIpc) is 3.44. The number of fused-ring (bicyclic) bond motifs is 2. The first-order chi connectivity index (χ1) is 15.0. The Morgan fingerprint density at radius 1 is 1.23 bits per heavy atom. The van der Waals surface area contributed by atoms with Crippen LogP contribution in [0.5, 0.6) is 0 Å². The Hall–Kier alpha value is -2.44. The summed E-state index contributed by atoms with van der Waals surface area (Å²) in [6.07, 6.45) is 5.91. The number of ether oxygens (including phenoxy) is 1. The molecule has 1 saturated heterocycles. The van der Waals surface area contributed by atoms with Gasteiger partial charge in [-0.1, -0.05) is 18.2 Å². The van der Waals surface area contributed by atoms with Crippen LogP contribution in [0.2, 0.25) is 0 Å². The van der Waals surface area contributed by atoms with E-state index in [0.717, 1.165) is 38.0 Å². The van der Waals surface area contributed by atoms with E-state index in [1.165, 1.54) is 22.1 Å². The van der Waals surface area contributed by atoms with E-state index in [4.69, 9.17) is 4.74 Å². The van der Waals surface area contributed by atoms with Gasteiger partial charge in [-0.2, -0.15) is 0 Å². The van der Waals surface area contributed by atoms with Crippen LogP contribution in [0.1, 0.15) is 36.2 Å². The zero-order valence-electron chi connectivity index (χ0n) is 18.6. The van der Waals surface area contributed by atoms with Gasteiger partial charge < -0.3 is 9.64 Å². The smallest absolute Gasteiger partial charge is 0.236 e. The average molecular weight is 422 g/mol. The van der Waals surface area contributed by atoms with E-state index in [0.29, 0.717) is 13.2 Å². The van der Waals surface area contributed by atoms with Crippen molar-refractivity contribution in [3.05, 3.63) is 41.6 Å². The third-order valence-electron chi connectivity index (χ3n) is 7.30. The van der Waals surface area contributed by atoms with Crippen LogP contribution < -0.4 is 0 Å². The quantitative estimate of drug-likeness (QED) is 0.762. The van der Waals surface area contributed by atoms with Gasteiger partial charge in [0.05, 0.1) is 24.0 Å². The topological polar surface area (TPSA) is 54.8 Å². The summed E-state index contributed by atoms with van der Waals surface area (Å²) in [5.74, 6) is 0.142. The number of hydrogen-bond acceptors (Lipinski definition) is 4. The van der Waals surface area contributed by atoms with E-state index < -0.39 is 0 Å². The Labute approximate surface area is 183 Å². The molecule has 6 nitrogen and oxygen atoms in total. The fourth-order valence-corrected chi connectivity index (χ4v) is 5.59. The van der Waals surface area contributed by atoms with Gasteiger partial charge in [0.25, 0.3) is 0 Å². The van der Waals surface area contributed by atoms with Gasteiger partial charge >= 0.3 is 0 Å². The first-order valence-electron chi connectivity index (χ1n) is 11.5. The fraction of sp³-hybridized carbons (Fsp3) is 0.520. The summed E-state index contributed by atoms with van der Waals surface area (Å²) in [5, 5.41) is 1.17. The molecule has 3 heterocycles. The van der Waals surface area contributed by atoms with Gasteiger partial charge in [-0.15, -0.1) is 0 Å². The maximum Gasteiger partial charge on any atom is 0.236 e. The summed E-state index contributed by atoms with van der Waals surface area (Å²) in [7, 11) is 2.11. The SMILES string of the molecule is CCN(CC)C(=O)[C@@H]1C=C2c3cccc4c3c(cn4C(=O)C3CCOC3)C[C@H]2N(C)C1. The highest BCUT2D eigenvalue weighted by molar-refractivity contribution is 6.03. The van der Waals surface area contributed by atoms with Gasteiger partial charge in [-0.3, -0.25) is 19.1 Å². The highest BCUT2D eigenvalue weighted by Gasteiger charge is 2.37. The number of carbonyl (C=O) groups excluding carboxylic acids is 2. The Morgan fingerprint density at radius 3 is 2.74 bits per heavy atom. The number of benzene rings is 1. The summed E-state index contributed by atoms with van der Waals surface area (Å²) in [6.45, 7) is 7.44. The molecule has 1 unspecified atom stereocenters. The predicted octanol–water partition coefficient (Wildman–Crippen LogP) is 3.06. The number of rotatable bonds is 4. The largest absolute Gasteiger partial charge is 0.381 e. The van der Waals surface area contributed by atoms with Crippen LogP contribution in [0.4, 0.5) is 0 Å². The van der Waals surface area contributed by atoms with Crippen molar-refractivity contribution < 1.29 is 14.3 Å². The maximum atomic E-state index is 13.2. The minimum absolute atomic E-state index is 0.0619. The van der Waals surface area contributed by atoms with Crippen molar-refractivity contribution in [1.82, 2.24) is 14.4 Å². The van der Waals surface area contributed by atoms with Gasteiger partial charge in [0.1, 0.15) is 0 Å². The molecule has 2 aromatic rings. The highest BCUT2D eigenvalue weighted by Crippen LogP contribution is 2.42. The van der Waals surface area contributed by atoms with E-state index >= 15 is 0 Å². The molecule has 0 saturated carbocycles. The van der Waals surface area contributed by atoms with Gasteiger partial charge in [-0.05, 0) is 56.5 Å². The zero-order chi connectivity index (χ0) is 21.7. The molecule has 0 N–H and O–H groups in total. The first kappa shape index (κ1) is 20.5. The van der Waals surface area contributed by atoms with Crippen molar-refractivity contribution >= 4 is 28.3 Å². The molecule has 1 amide bonds. The third-order valence-corrected chi connectivity index (χ3v) is 7.30. The predicted molar refractivity (Wildman–Crippen MR) is 121 cm³/mol. The van der Waals surface area contributed by atoms with E-state index in [2.05, 4.69) is 24.1 Å². The second-order valence-corrected chi connectivity index (χ2v) is 9.02. The van der Waals surface area contributed by atoms with Crippen molar-refractivity contribution in [2.45, 2.75) is 32.7 Å². The van der Waals surface area contributed by atoms with Gasteiger partial charge in [-0.25, -0.2) is 0 Å². The molecular formula is C25H31N3O3. The molecule has 2 aliphatic heterocycles. The zero-order valence-corrected chi connectivity index (χ0v) is 18.6. The third kappa shape index (κ3) is 3.24. The van der Waals surface area contributed by atoms with Crippen LogP contribution in [-0.2, 0) is 16.0 Å². The van der Waals surface area contributed by atoms with E-state index in [9.17, 15) is 9.59 Å². The Balaban J connectivity index is 1.58. The number of likely N-dealkylation sites (N-methyl/N-ethyl adjacent to an activating group) is 1. The maximum absolute atomic E-state index is 13.2. The normalized spacial score (nSPS) is 25.4. The molecule has 31 heavy (non-hydrogen) atoms. The number of aromatic nitrogens is 1. The van der Waals surface area contributed by atoms with Crippen molar-refractivity contribution in [2.24, 2.45) is 11.8 Å². The lowest BCUT2D eigenvalue weighted by Crippen LogP contribution is -2.47. The minimum Gasteiger partial charge on any atom is -0.381 e. The van der Waals surface area contributed by atoms with Crippen LogP contribution in [0, 0.1) is 11.8 Å². The summed E-state index contributed by atoms with van der Waals surface area (Å²) >= 11 is 0. The molecular weight excluding hydrogens is 390 g/mol. The lowest BCUT2D eigenvalue weighted by molar-refractivity contribution is -0.134. The fourth-order valence-electron chi connectivity index (χ4n) is 5.59. The van der Waals surface area contributed by atoms with Crippen LogP contribution >= 0.6 is 0 Å². The summed E-state index contributed by atoms with van der Waals surface area (Å²) < 4.78 is 7.31. The molecule has 0 bridgehead atoms. The van der Waals surface area contributed by atoms with Crippen molar-refractivity contribution in [1.29, 1.82) is 0 Å². The van der Waals surface area contributed by atoms with Crippen molar-refractivity contribution in [3.63, 3.8) is 0 Å². The Bertz CT molecular complexity index is 1060. The van der Waals surface area contributed by atoms with Crippen molar-refractivity contribution in [3.8, 4) is 0 Å². The van der Waals surface area contributed by atoms with Gasteiger partial charge in [0.15, 0.2) is 0 Å². The first-order valence-corrected chi connectivity index (χ1v) is 11.5. The molecule has 1 aromatic heterocycles. The molecule has 1 fully saturated rings. The molecule has 6 heteroatoms. The lowest BCUT2D eigenvalue weighted by atomic mass is 9.79. The summed E-state index contributed by atoms with van der Waals surface area (Å²) in [6, 6.07) is 6.46. The standard InChI is InChI=1S/C25H31N3O3/c1-4-27(5-2)24(29)18-11-20-19-7-6-8-21-23(19)17(12-22(20)26(3)13-18)14-28(21)25(30)16-9-10-31-15-16/h6-8,11,14,16,18,22H,4-5,9-10,12-13,15H2,1-3H3/t16?,18-,22-/m1/s1. The Morgan fingerprint density at radius 2 is 2.03 bits per heavy atom. The number of nitrogens with zero attached hydrogens (tertiary/aromatic N) is 3. The molecule has 164 valence electrons. The highest BCUT2D eigenvalue weighted by atomic mass is 16.5. The molecule has 1 aliphatic carbocycles. The second kappa shape index (κ2) is 7.92. The lowest BCUT2D eigenvalue weighted by Gasteiger charge is -2.40. The van der Waals surface area contributed by atoms with Crippen LogP contribution in [0.25, 0.3) is 16.5 Å². The van der Waals surface area contributed by atoms with E-state index in [1.807, 2.05) is 41.6 Å². The molecule has 1 aromatic carbocycles. The van der Waals surface area contributed by atoms with Crippen molar-refractivity contribution in [2.75, 3.05) is 39.9 Å².